The minimum atomic E-state index is -1.70. The van der Waals surface area contributed by atoms with Crippen LogP contribution in [-0.4, -0.2) is 40.3 Å². The number of benzene rings is 1. The molecular weight excluding hydrogens is 206 g/mol. The molecule has 4 heteroatoms. The molecule has 0 saturated carbocycles. The zero-order chi connectivity index (χ0) is 12.2. The maximum atomic E-state index is 11.7. The monoisotopic (exact) mass is 223 g/mol. The van der Waals surface area contributed by atoms with E-state index in [2.05, 4.69) is 0 Å². The van der Waals surface area contributed by atoms with Crippen LogP contribution < -0.4 is 0 Å². The predicted molar refractivity (Wildman–Crippen MR) is 60.6 cm³/mol. The van der Waals surface area contributed by atoms with Crippen molar-refractivity contribution < 1.29 is 15.0 Å². The molecule has 1 aromatic carbocycles. The molecule has 0 spiro atoms. The Morgan fingerprint density at radius 3 is 2.44 bits per heavy atom. The second-order valence-corrected chi connectivity index (χ2v) is 4.08. The molecule has 0 radical (unpaired) electrons. The van der Waals surface area contributed by atoms with Gasteiger partial charge in [-0.3, -0.25) is 4.79 Å². The fraction of sp³-hybridized carbons (Fsp3) is 0.417. The fourth-order valence-electron chi connectivity index (χ4n) is 1.41. The summed E-state index contributed by atoms with van der Waals surface area (Å²) >= 11 is 0. The van der Waals surface area contributed by atoms with E-state index in [1.807, 2.05) is 30.3 Å². The van der Waals surface area contributed by atoms with E-state index >= 15 is 0 Å². The first kappa shape index (κ1) is 12.7. The molecule has 1 unspecified atom stereocenters. The van der Waals surface area contributed by atoms with Gasteiger partial charge in [0, 0.05) is 13.6 Å². The Morgan fingerprint density at radius 1 is 1.38 bits per heavy atom. The third-order valence-electron chi connectivity index (χ3n) is 2.38. The molecule has 4 nitrogen and oxygen atoms in total. The van der Waals surface area contributed by atoms with Gasteiger partial charge in [-0.15, -0.1) is 0 Å². The van der Waals surface area contributed by atoms with Crippen LogP contribution in [0.5, 0.6) is 0 Å². The van der Waals surface area contributed by atoms with Gasteiger partial charge in [-0.05, 0) is 12.5 Å². The van der Waals surface area contributed by atoms with E-state index < -0.39 is 18.1 Å². The van der Waals surface area contributed by atoms with E-state index in [-0.39, 0.29) is 0 Å². The van der Waals surface area contributed by atoms with Gasteiger partial charge in [-0.2, -0.15) is 0 Å². The number of amides is 1. The summed E-state index contributed by atoms with van der Waals surface area (Å²) in [5, 5.41) is 18.5. The second-order valence-electron chi connectivity index (χ2n) is 4.08. The summed E-state index contributed by atoms with van der Waals surface area (Å²) < 4.78 is 0. The molecule has 0 aliphatic rings. The molecule has 1 atom stereocenters. The van der Waals surface area contributed by atoms with E-state index in [9.17, 15) is 9.90 Å². The Labute approximate surface area is 95.1 Å². The number of hydrogen-bond donors (Lipinski definition) is 2. The van der Waals surface area contributed by atoms with Gasteiger partial charge >= 0.3 is 0 Å². The molecule has 0 fully saturated rings. The van der Waals surface area contributed by atoms with Gasteiger partial charge < -0.3 is 15.1 Å². The van der Waals surface area contributed by atoms with E-state index in [0.29, 0.717) is 6.54 Å². The topological polar surface area (TPSA) is 60.8 Å². The molecule has 0 aliphatic carbocycles. The van der Waals surface area contributed by atoms with Crippen LogP contribution in [0.3, 0.4) is 0 Å². The number of nitrogens with zero attached hydrogens (tertiary/aromatic N) is 1. The van der Waals surface area contributed by atoms with Crippen molar-refractivity contribution in [2.45, 2.75) is 19.1 Å². The molecule has 16 heavy (non-hydrogen) atoms. The Kier molecular flexibility index (Phi) is 4.04. The van der Waals surface area contributed by atoms with Crippen molar-refractivity contribution in [3.05, 3.63) is 35.9 Å². The number of aliphatic hydroxyl groups is 2. The van der Waals surface area contributed by atoms with Crippen molar-refractivity contribution in [3.8, 4) is 0 Å². The maximum Gasteiger partial charge on any atom is 0.256 e. The van der Waals surface area contributed by atoms with Crippen molar-refractivity contribution in [1.29, 1.82) is 0 Å². The zero-order valence-corrected chi connectivity index (χ0v) is 9.55. The summed E-state index contributed by atoms with van der Waals surface area (Å²) in [4.78, 5) is 13.1. The average Bonchev–Trinajstić information content (AvgIpc) is 2.29. The van der Waals surface area contributed by atoms with Crippen LogP contribution in [0.25, 0.3) is 0 Å². The Balaban J connectivity index is 2.66. The second kappa shape index (κ2) is 5.09. The third-order valence-corrected chi connectivity index (χ3v) is 2.38. The molecule has 0 bridgehead atoms. The summed E-state index contributed by atoms with van der Waals surface area (Å²) in [6.07, 6.45) is 0. The molecular formula is C12H17NO3. The van der Waals surface area contributed by atoms with Crippen molar-refractivity contribution in [2.75, 3.05) is 13.7 Å². The van der Waals surface area contributed by atoms with E-state index in [4.69, 9.17) is 5.11 Å². The lowest BCUT2D eigenvalue weighted by molar-refractivity contribution is -0.152. The number of rotatable bonds is 4. The Hall–Kier alpha value is -1.39. The normalized spacial score (nSPS) is 14.2. The highest BCUT2D eigenvalue weighted by Gasteiger charge is 2.31. The summed E-state index contributed by atoms with van der Waals surface area (Å²) in [5.74, 6) is -0.487. The first-order valence-corrected chi connectivity index (χ1v) is 5.10. The van der Waals surface area contributed by atoms with Gasteiger partial charge in [-0.25, -0.2) is 0 Å². The quantitative estimate of drug-likeness (QED) is 0.776. The molecule has 88 valence electrons. The first-order valence-electron chi connectivity index (χ1n) is 5.10. The molecule has 0 heterocycles. The predicted octanol–water partition coefficient (Wildman–Crippen LogP) is 0.388. The summed E-state index contributed by atoms with van der Waals surface area (Å²) in [7, 11) is 1.60. The van der Waals surface area contributed by atoms with Gasteiger partial charge in [0.05, 0.1) is 6.61 Å². The van der Waals surface area contributed by atoms with Crippen molar-refractivity contribution in [1.82, 2.24) is 4.90 Å². The van der Waals surface area contributed by atoms with Crippen LogP contribution in [0.15, 0.2) is 30.3 Å². The van der Waals surface area contributed by atoms with Gasteiger partial charge in [0.1, 0.15) is 0 Å². The molecule has 1 aromatic rings. The summed E-state index contributed by atoms with van der Waals surface area (Å²) in [5.41, 5.74) is -0.726. The minimum Gasteiger partial charge on any atom is -0.393 e. The number of carbonyl (C=O) groups excluding carboxylic acids is 1. The smallest absolute Gasteiger partial charge is 0.256 e. The van der Waals surface area contributed by atoms with Crippen LogP contribution in [0.1, 0.15) is 12.5 Å². The molecule has 1 amide bonds. The highest BCUT2D eigenvalue weighted by atomic mass is 16.3. The van der Waals surface area contributed by atoms with Crippen LogP contribution in [-0.2, 0) is 11.3 Å². The molecule has 0 aromatic heterocycles. The van der Waals surface area contributed by atoms with E-state index in [0.717, 1.165) is 5.56 Å². The number of hydrogen-bond acceptors (Lipinski definition) is 3. The highest BCUT2D eigenvalue weighted by molar-refractivity contribution is 5.84. The van der Waals surface area contributed by atoms with Crippen LogP contribution in [0, 0.1) is 0 Å². The van der Waals surface area contributed by atoms with Crippen molar-refractivity contribution in [3.63, 3.8) is 0 Å². The molecule has 0 saturated heterocycles. The molecule has 0 aliphatic heterocycles. The van der Waals surface area contributed by atoms with Crippen molar-refractivity contribution >= 4 is 5.91 Å². The average molecular weight is 223 g/mol. The fourth-order valence-corrected chi connectivity index (χ4v) is 1.41. The van der Waals surface area contributed by atoms with Gasteiger partial charge in [0.15, 0.2) is 5.60 Å². The van der Waals surface area contributed by atoms with Gasteiger partial charge in [0.2, 0.25) is 0 Å². The zero-order valence-electron chi connectivity index (χ0n) is 9.55. The van der Waals surface area contributed by atoms with Crippen LogP contribution >= 0.6 is 0 Å². The molecule has 1 rings (SSSR count). The maximum absolute atomic E-state index is 11.7. The Bertz CT molecular complexity index is 349. The lowest BCUT2D eigenvalue weighted by Crippen LogP contribution is -2.47. The summed E-state index contributed by atoms with van der Waals surface area (Å²) in [6, 6.07) is 9.47. The third kappa shape index (κ3) is 3.05. The van der Waals surface area contributed by atoms with E-state index in [1.165, 1.54) is 11.8 Å². The molecule has 2 N–H and O–H groups in total. The highest BCUT2D eigenvalue weighted by Crippen LogP contribution is 2.10. The largest absolute Gasteiger partial charge is 0.393 e. The van der Waals surface area contributed by atoms with Crippen LogP contribution in [0.2, 0.25) is 0 Å². The lowest BCUT2D eigenvalue weighted by atomic mass is 10.1. The van der Waals surface area contributed by atoms with Gasteiger partial charge in [0.25, 0.3) is 5.91 Å². The van der Waals surface area contributed by atoms with E-state index in [1.54, 1.807) is 7.05 Å². The SMILES string of the molecule is CN(Cc1ccccc1)C(=O)C(C)(O)CO. The number of carbonyl (C=O) groups is 1. The first-order chi connectivity index (χ1) is 7.47. The number of likely N-dealkylation sites (N-methyl/N-ethyl adjacent to an activating group) is 1. The Morgan fingerprint density at radius 2 is 1.94 bits per heavy atom. The van der Waals surface area contributed by atoms with Crippen molar-refractivity contribution in [2.24, 2.45) is 0 Å². The lowest BCUT2D eigenvalue weighted by Gasteiger charge is -2.26. The minimum absolute atomic E-state index is 0.413. The number of aliphatic hydroxyl groups excluding tert-OH is 1. The standard InChI is InChI=1S/C12H17NO3/c1-12(16,9-14)11(15)13(2)8-10-6-4-3-5-7-10/h3-7,14,16H,8-9H2,1-2H3. The van der Waals surface area contributed by atoms with Crippen LogP contribution in [0.4, 0.5) is 0 Å². The summed E-state index contributed by atoms with van der Waals surface area (Å²) in [6.45, 7) is 1.14. The van der Waals surface area contributed by atoms with Gasteiger partial charge in [-0.1, -0.05) is 30.3 Å².